The SMILES string of the molecule is Cc1ccc(NC(=O)N2CCC(Cn3ccnc3)CC2)cc1C. The molecule has 0 bridgehead atoms. The number of anilines is 1. The first-order valence-electron chi connectivity index (χ1n) is 8.21. The van der Waals surface area contributed by atoms with Crippen molar-refractivity contribution in [3.8, 4) is 0 Å². The number of imidazole rings is 1. The maximum Gasteiger partial charge on any atom is 0.321 e. The van der Waals surface area contributed by atoms with Gasteiger partial charge in [-0.3, -0.25) is 0 Å². The van der Waals surface area contributed by atoms with Gasteiger partial charge in [-0.25, -0.2) is 9.78 Å². The predicted octanol–water partition coefficient (Wildman–Crippen LogP) is 3.44. The van der Waals surface area contributed by atoms with Gasteiger partial charge in [0.1, 0.15) is 0 Å². The highest BCUT2D eigenvalue weighted by Gasteiger charge is 2.23. The van der Waals surface area contributed by atoms with Crippen molar-refractivity contribution < 1.29 is 4.79 Å². The zero-order valence-corrected chi connectivity index (χ0v) is 13.8. The van der Waals surface area contributed by atoms with Crippen molar-refractivity contribution in [2.24, 2.45) is 5.92 Å². The van der Waals surface area contributed by atoms with Crippen LogP contribution in [0, 0.1) is 19.8 Å². The van der Waals surface area contributed by atoms with Crippen LogP contribution < -0.4 is 5.32 Å². The predicted molar refractivity (Wildman–Crippen MR) is 91.5 cm³/mol. The van der Waals surface area contributed by atoms with E-state index in [1.807, 2.05) is 41.8 Å². The fourth-order valence-corrected chi connectivity index (χ4v) is 3.03. The Balaban J connectivity index is 1.50. The van der Waals surface area contributed by atoms with Crippen LogP contribution in [-0.2, 0) is 6.54 Å². The maximum atomic E-state index is 12.4. The lowest BCUT2D eigenvalue weighted by molar-refractivity contribution is 0.177. The van der Waals surface area contributed by atoms with E-state index in [1.165, 1.54) is 11.1 Å². The van der Waals surface area contributed by atoms with Crippen LogP contribution in [0.2, 0.25) is 0 Å². The Hall–Kier alpha value is -2.30. The highest BCUT2D eigenvalue weighted by molar-refractivity contribution is 5.89. The number of rotatable bonds is 3. The number of piperidine rings is 1. The Morgan fingerprint density at radius 3 is 2.70 bits per heavy atom. The lowest BCUT2D eigenvalue weighted by Crippen LogP contribution is -2.41. The van der Waals surface area contributed by atoms with Gasteiger partial charge in [-0.1, -0.05) is 6.07 Å². The number of likely N-dealkylation sites (tertiary alicyclic amines) is 1. The molecule has 3 rings (SSSR count). The van der Waals surface area contributed by atoms with E-state index < -0.39 is 0 Å². The summed E-state index contributed by atoms with van der Waals surface area (Å²) in [7, 11) is 0. The van der Waals surface area contributed by atoms with Gasteiger partial charge in [-0.2, -0.15) is 0 Å². The highest BCUT2D eigenvalue weighted by atomic mass is 16.2. The van der Waals surface area contributed by atoms with Gasteiger partial charge in [0.2, 0.25) is 0 Å². The van der Waals surface area contributed by atoms with Gasteiger partial charge in [-0.05, 0) is 55.9 Å². The number of benzene rings is 1. The van der Waals surface area contributed by atoms with Gasteiger partial charge in [0.15, 0.2) is 0 Å². The van der Waals surface area contributed by atoms with E-state index in [0.29, 0.717) is 5.92 Å². The Kier molecular flexibility index (Phi) is 4.65. The molecule has 23 heavy (non-hydrogen) atoms. The van der Waals surface area contributed by atoms with E-state index in [0.717, 1.165) is 38.2 Å². The minimum absolute atomic E-state index is 0.00864. The van der Waals surface area contributed by atoms with Crippen molar-refractivity contribution in [1.29, 1.82) is 0 Å². The van der Waals surface area contributed by atoms with Crippen LogP contribution >= 0.6 is 0 Å². The van der Waals surface area contributed by atoms with Crippen molar-refractivity contribution in [3.05, 3.63) is 48.0 Å². The van der Waals surface area contributed by atoms with Gasteiger partial charge in [0.25, 0.3) is 0 Å². The van der Waals surface area contributed by atoms with Crippen LogP contribution in [0.25, 0.3) is 0 Å². The number of urea groups is 1. The zero-order chi connectivity index (χ0) is 16.2. The van der Waals surface area contributed by atoms with Gasteiger partial charge >= 0.3 is 6.03 Å². The summed E-state index contributed by atoms with van der Waals surface area (Å²) < 4.78 is 2.12. The molecule has 1 aromatic heterocycles. The lowest BCUT2D eigenvalue weighted by atomic mass is 9.97. The summed E-state index contributed by atoms with van der Waals surface area (Å²) >= 11 is 0. The van der Waals surface area contributed by atoms with Crippen LogP contribution in [0.5, 0.6) is 0 Å². The molecule has 1 aliphatic rings. The zero-order valence-electron chi connectivity index (χ0n) is 13.8. The first kappa shape index (κ1) is 15.6. The molecular formula is C18H24N4O. The van der Waals surface area contributed by atoms with Crippen molar-refractivity contribution in [1.82, 2.24) is 14.5 Å². The van der Waals surface area contributed by atoms with E-state index in [1.54, 1.807) is 0 Å². The summed E-state index contributed by atoms with van der Waals surface area (Å²) in [5.74, 6) is 0.620. The number of hydrogen-bond acceptors (Lipinski definition) is 2. The third-order valence-corrected chi connectivity index (χ3v) is 4.69. The topological polar surface area (TPSA) is 50.2 Å². The standard InChI is InChI=1S/C18H24N4O/c1-14-3-4-17(11-15(14)2)20-18(23)22-8-5-16(6-9-22)12-21-10-7-19-13-21/h3-4,7,10-11,13,16H,5-6,8-9,12H2,1-2H3,(H,20,23). The molecule has 1 N–H and O–H groups in total. The lowest BCUT2D eigenvalue weighted by Gasteiger charge is -2.32. The van der Waals surface area contributed by atoms with Crippen molar-refractivity contribution in [3.63, 3.8) is 0 Å². The smallest absolute Gasteiger partial charge is 0.321 e. The Bertz CT molecular complexity index is 658. The molecular weight excluding hydrogens is 288 g/mol. The van der Waals surface area contributed by atoms with Gasteiger partial charge in [-0.15, -0.1) is 0 Å². The number of aromatic nitrogens is 2. The molecule has 1 aromatic carbocycles. The van der Waals surface area contributed by atoms with Crippen molar-refractivity contribution in [2.45, 2.75) is 33.2 Å². The first-order valence-corrected chi connectivity index (χ1v) is 8.21. The molecule has 1 saturated heterocycles. The van der Waals surface area contributed by atoms with Crippen LogP contribution in [0.15, 0.2) is 36.9 Å². The molecule has 0 spiro atoms. The van der Waals surface area contributed by atoms with Crippen molar-refractivity contribution in [2.75, 3.05) is 18.4 Å². The quantitative estimate of drug-likeness (QED) is 0.944. The second kappa shape index (κ2) is 6.86. The van der Waals surface area contributed by atoms with E-state index in [2.05, 4.69) is 28.7 Å². The molecule has 2 amide bonds. The van der Waals surface area contributed by atoms with Gasteiger partial charge in [0.05, 0.1) is 6.33 Å². The average Bonchev–Trinajstić information content (AvgIpc) is 3.04. The summed E-state index contributed by atoms with van der Waals surface area (Å²) in [6.07, 6.45) is 7.75. The van der Waals surface area contributed by atoms with E-state index in [9.17, 15) is 4.79 Å². The highest BCUT2D eigenvalue weighted by Crippen LogP contribution is 2.20. The molecule has 5 heteroatoms. The minimum atomic E-state index is 0.00864. The molecule has 0 radical (unpaired) electrons. The number of aryl methyl sites for hydroxylation is 2. The molecule has 0 aliphatic carbocycles. The Morgan fingerprint density at radius 1 is 1.26 bits per heavy atom. The fourth-order valence-electron chi connectivity index (χ4n) is 3.03. The van der Waals surface area contributed by atoms with Crippen LogP contribution in [0.1, 0.15) is 24.0 Å². The fraction of sp³-hybridized carbons (Fsp3) is 0.444. The molecule has 1 aliphatic heterocycles. The Labute approximate surface area is 137 Å². The number of amides is 2. The Morgan fingerprint density at radius 2 is 2.04 bits per heavy atom. The second-order valence-corrected chi connectivity index (χ2v) is 6.42. The van der Waals surface area contributed by atoms with E-state index in [4.69, 9.17) is 0 Å². The first-order chi connectivity index (χ1) is 11.1. The van der Waals surface area contributed by atoms with Crippen LogP contribution in [0.4, 0.5) is 10.5 Å². The minimum Gasteiger partial charge on any atom is -0.337 e. The number of nitrogens with one attached hydrogen (secondary N) is 1. The normalized spacial score (nSPS) is 15.7. The number of carbonyl (C=O) groups excluding carboxylic acids is 1. The molecule has 0 unspecified atom stereocenters. The van der Waals surface area contributed by atoms with E-state index >= 15 is 0 Å². The summed E-state index contributed by atoms with van der Waals surface area (Å²) in [5.41, 5.74) is 3.31. The summed E-state index contributed by atoms with van der Waals surface area (Å²) in [4.78, 5) is 18.4. The molecule has 0 atom stereocenters. The van der Waals surface area contributed by atoms with Crippen molar-refractivity contribution >= 4 is 11.7 Å². The van der Waals surface area contributed by atoms with Crippen LogP contribution in [0.3, 0.4) is 0 Å². The molecule has 1 fully saturated rings. The second-order valence-electron chi connectivity index (χ2n) is 6.42. The number of carbonyl (C=O) groups is 1. The van der Waals surface area contributed by atoms with Gasteiger partial charge in [0, 0.05) is 37.7 Å². The summed E-state index contributed by atoms with van der Waals surface area (Å²) in [6.45, 7) is 6.76. The monoisotopic (exact) mass is 312 g/mol. The molecule has 5 nitrogen and oxygen atoms in total. The summed E-state index contributed by atoms with van der Waals surface area (Å²) in [6, 6.07) is 6.04. The molecule has 122 valence electrons. The van der Waals surface area contributed by atoms with Crippen LogP contribution in [-0.4, -0.2) is 33.6 Å². The largest absolute Gasteiger partial charge is 0.337 e. The third kappa shape index (κ3) is 3.92. The third-order valence-electron chi connectivity index (χ3n) is 4.69. The maximum absolute atomic E-state index is 12.4. The number of hydrogen-bond donors (Lipinski definition) is 1. The molecule has 2 aromatic rings. The summed E-state index contributed by atoms with van der Waals surface area (Å²) in [5, 5.41) is 3.01. The molecule has 2 heterocycles. The molecule has 0 saturated carbocycles. The number of nitrogens with zero attached hydrogens (tertiary/aromatic N) is 3. The van der Waals surface area contributed by atoms with Gasteiger partial charge < -0.3 is 14.8 Å². The average molecular weight is 312 g/mol. The van der Waals surface area contributed by atoms with E-state index in [-0.39, 0.29) is 6.03 Å².